The molecule has 0 spiro atoms. The Morgan fingerprint density at radius 1 is 1.33 bits per heavy atom. The summed E-state index contributed by atoms with van der Waals surface area (Å²) in [5, 5.41) is 3.73. The normalized spacial score (nSPS) is 10.3. The summed E-state index contributed by atoms with van der Waals surface area (Å²) >= 11 is 0. The molecule has 0 saturated carbocycles. The van der Waals surface area contributed by atoms with Crippen molar-refractivity contribution in [3.63, 3.8) is 0 Å². The van der Waals surface area contributed by atoms with Gasteiger partial charge in [-0.2, -0.15) is 4.98 Å². The maximum absolute atomic E-state index is 10.4. The number of benzene rings is 1. The number of aryl methyl sites for hydroxylation is 2. The Kier molecular flexibility index (Phi) is 2.33. The average molecular weight is 202 g/mol. The second-order valence-corrected chi connectivity index (χ2v) is 3.39. The van der Waals surface area contributed by atoms with Crippen LogP contribution in [0.3, 0.4) is 0 Å². The molecule has 0 aliphatic heterocycles. The molecule has 2 rings (SSSR count). The van der Waals surface area contributed by atoms with Crippen molar-refractivity contribution in [2.45, 2.75) is 13.8 Å². The van der Waals surface area contributed by atoms with Gasteiger partial charge in [0.15, 0.2) is 0 Å². The lowest BCUT2D eigenvalue weighted by molar-refractivity contribution is 0.108. The van der Waals surface area contributed by atoms with Crippen molar-refractivity contribution in [3.8, 4) is 11.4 Å². The topological polar surface area (TPSA) is 56.0 Å². The van der Waals surface area contributed by atoms with Crippen molar-refractivity contribution >= 4 is 6.29 Å². The molecule has 0 aliphatic carbocycles. The molecule has 0 N–H and O–H groups in total. The molecule has 1 heterocycles. The van der Waals surface area contributed by atoms with Crippen molar-refractivity contribution in [1.29, 1.82) is 0 Å². The first kappa shape index (κ1) is 9.58. The molecule has 0 aliphatic rings. The van der Waals surface area contributed by atoms with Gasteiger partial charge in [-0.15, -0.1) is 0 Å². The Labute approximate surface area is 86.9 Å². The molecule has 4 nitrogen and oxygen atoms in total. The van der Waals surface area contributed by atoms with Crippen molar-refractivity contribution in [3.05, 3.63) is 35.2 Å². The molecule has 15 heavy (non-hydrogen) atoms. The zero-order chi connectivity index (χ0) is 10.8. The monoisotopic (exact) mass is 202 g/mol. The standard InChI is InChI=1S/C11H10N2O2/c1-7-3-4-9(8(2)5-7)11-12-10(6-14)15-13-11/h3-6H,1-2H3. The molecule has 76 valence electrons. The van der Waals surface area contributed by atoms with E-state index in [0.29, 0.717) is 12.1 Å². The molecular weight excluding hydrogens is 192 g/mol. The number of nitrogens with zero attached hydrogens (tertiary/aromatic N) is 2. The molecule has 0 atom stereocenters. The van der Waals surface area contributed by atoms with Crippen LogP contribution in [0.1, 0.15) is 21.8 Å². The van der Waals surface area contributed by atoms with E-state index in [-0.39, 0.29) is 5.89 Å². The van der Waals surface area contributed by atoms with Crippen LogP contribution in [0.15, 0.2) is 22.7 Å². The summed E-state index contributed by atoms with van der Waals surface area (Å²) in [5.74, 6) is 0.458. The van der Waals surface area contributed by atoms with Gasteiger partial charge in [0.1, 0.15) is 0 Å². The van der Waals surface area contributed by atoms with Crippen LogP contribution < -0.4 is 0 Å². The fourth-order valence-electron chi connectivity index (χ4n) is 1.46. The van der Waals surface area contributed by atoms with E-state index < -0.39 is 0 Å². The second kappa shape index (κ2) is 3.65. The smallest absolute Gasteiger partial charge is 0.291 e. The lowest BCUT2D eigenvalue weighted by Crippen LogP contribution is -1.87. The Bertz CT molecular complexity index is 503. The summed E-state index contributed by atoms with van der Waals surface area (Å²) in [6, 6.07) is 5.93. The number of aldehydes is 1. The third-order valence-electron chi connectivity index (χ3n) is 2.17. The third kappa shape index (κ3) is 1.79. The van der Waals surface area contributed by atoms with Crippen LogP contribution >= 0.6 is 0 Å². The summed E-state index contributed by atoms with van der Waals surface area (Å²) in [5.41, 5.74) is 3.13. The van der Waals surface area contributed by atoms with Crippen LogP contribution in [0.4, 0.5) is 0 Å². The van der Waals surface area contributed by atoms with E-state index in [2.05, 4.69) is 10.1 Å². The largest absolute Gasteiger partial charge is 0.331 e. The number of hydrogen-bond donors (Lipinski definition) is 0. The maximum Gasteiger partial charge on any atom is 0.291 e. The number of hydrogen-bond acceptors (Lipinski definition) is 4. The van der Waals surface area contributed by atoms with E-state index >= 15 is 0 Å². The molecule has 0 unspecified atom stereocenters. The zero-order valence-electron chi connectivity index (χ0n) is 8.52. The van der Waals surface area contributed by atoms with Crippen LogP contribution in [0.2, 0.25) is 0 Å². The summed E-state index contributed by atoms with van der Waals surface area (Å²) in [4.78, 5) is 14.3. The number of aromatic nitrogens is 2. The highest BCUT2D eigenvalue weighted by atomic mass is 16.5. The van der Waals surface area contributed by atoms with Crippen molar-refractivity contribution in [1.82, 2.24) is 10.1 Å². The summed E-state index contributed by atoms with van der Waals surface area (Å²) < 4.78 is 4.72. The predicted octanol–water partition coefficient (Wildman–Crippen LogP) is 2.17. The number of carbonyl (C=O) groups excluding carboxylic acids is 1. The van der Waals surface area contributed by atoms with E-state index in [9.17, 15) is 4.79 Å². The van der Waals surface area contributed by atoms with E-state index in [1.54, 1.807) is 0 Å². The van der Waals surface area contributed by atoms with Gasteiger partial charge in [0.2, 0.25) is 12.1 Å². The van der Waals surface area contributed by atoms with Crippen LogP contribution in [0.25, 0.3) is 11.4 Å². The van der Waals surface area contributed by atoms with Crippen LogP contribution in [0.5, 0.6) is 0 Å². The van der Waals surface area contributed by atoms with Crippen molar-refractivity contribution in [2.75, 3.05) is 0 Å². The fraction of sp³-hybridized carbons (Fsp3) is 0.182. The lowest BCUT2D eigenvalue weighted by atomic mass is 10.1. The minimum absolute atomic E-state index is 0.00461. The fourth-order valence-corrected chi connectivity index (χ4v) is 1.46. The van der Waals surface area contributed by atoms with Gasteiger partial charge in [-0.05, 0) is 19.4 Å². The highest BCUT2D eigenvalue weighted by Gasteiger charge is 2.09. The molecule has 4 heteroatoms. The highest BCUT2D eigenvalue weighted by molar-refractivity contribution is 5.69. The van der Waals surface area contributed by atoms with Crippen LogP contribution in [-0.4, -0.2) is 16.4 Å². The molecule has 0 fully saturated rings. The van der Waals surface area contributed by atoms with E-state index in [1.165, 1.54) is 5.56 Å². The molecular formula is C11H10N2O2. The average Bonchev–Trinajstić information content (AvgIpc) is 2.66. The van der Waals surface area contributed by atoms with Gasteiger partial charge in [-0.3, -0.25) is 4.79 Å². The van der Waals surface area contributed by atoms with Gasteiger partial charge in [-0.25, -0.2) is 0 Å². The predicted molar refractivity (Wildman–Crippen MR) is 54.6 cm³/mol. The highest BCUT2D eigenvalue weighted by Crippen LogP contribution is 2.20. The van der Waals surface area contributed by atoms with E-state index in [1.807, 2.05) is 32.0 Å². The van der Waals surface area contributed by atoms with E-state index in [4.69, 9.17) is 4.52 Å². The Morgan fingerprint density at radius 2 is 2.13 bits per heavy atom. The summed E-state index contributed by atoms with van der Waals surface area (Å²) in [7, 11) is 0. The quantitative estimate of drug-likeness (QED) is 0.700. The SMILES string of the molecule is Cc1ccc(-c2noc(C=O)n2)c(C)c1. The van der Waals surface area contributed by atoms with Gasteiger partial charge in [0.05, 0.1) is 0 Å². The van der Waals surface area contributed by atoms with Crippen LogP contribution in [0, 0.1) is 13.8 Å². The van der Waals surface area contributed by atoms with Crippen molar-refractivity contribution < 1.29 is 9.32 Å². The Balaban J connectivity index is 2.49. The number of carbonyl (C=O) groups is 1. The maximum atomic E-state index is 10.4. The summed E-state index contributed by atoms with van der Waals surface area (Å²) in [6.07, 6.45) is 0.542. The van der Waals surface area contributed by atoms with Crippen molar-refractivity contribution in [2.24, 2.45) is 0 Å². The van der Waals surface area contributed by atoms with Gasteiger partial charge in [-0.1, -0.05) is 28.9 Å². The molecule has 0 amide bonds. The first-order valence-electron chi connectivity index (χ1n) is 4.57. The molecule has 1 aromatic carbocycles. The molecule has 0 bridgehead atoms. The van der Waals surface area contributed by atoms with Gasteiger partial charge in [0, 0.05) is 5.56 Å². The third-order valence-corrected chi connectivity index (χ3v) is 2.17. The Hall–Kier alpha value is -1.97. The van der Waals surface area contributed by atoms with Gasteiger partial charge in [0.25, 0.3) is 5.89 Å². The first-order valence-corrected chi connectivity index (χ1v) is 4.57. The first-order chi connectivity index (χ1) is 7.20. The summed E-state index contributed by atoms with van der Waals surface area (Å²) in [6.45, 7) is 3.99. The number of rotatable bonds is 2. The zero-order valence-corrected chi connectivity index (χ0v) is 8.52. The molecule has 1 aromatic heterocycles. The Morgan fingerprint density at radius 3 is 2.73 bits per heavy atom. The lowest BCUT2D eigenvalue weighted by Gasteiger charge is -2.01. The molecule has 0 saturated heterocycles. The van der Waals surface area contributed by atoms with Crippen LogP contribution in [-0.2, 0) is 0 Å². The van der Waals surface area contributed by atoms with Gasteiger partial charge >= 0.3 is 0 Å². The minimum Gasteiger partial charge on any atom is -0.331 e. The molecule has 0 radical (unpaired) electrons. The minimum atomic E-state index is 0.00461. The second-order valence-electron chi connectivity index (χ2n) is 3.39. The van der Waals surface area contributed by atoms with Gasteiger partial charge < -0.3 is 4.52 Å². The van der Waals surface area contributed by atoms with E-state index in [0.717, 1.165) is 11.1 Å². The molecule has 2 aromatic rings.